The van der Waals surface area contributed by atoms with E-state index in [9.17, 15) is 0 Å². The summed E-state index contributed by atoms with van der Waals surface area (Å²) in [6, 6.07) is 14.8. The molecule has 0 saturated heterocycles. The molecule has 2 aromatic carbocycles. The summed E-state index contributed by atoms with van der Waals surface area (Å²) in [6.45, 7) is 0. The van der Waals surface area contributed by atoms with E-state index in [-0.39, 0.29) is 0 Å². The average Bonchev–Trinajstić information content (AvgIpc) is 2.97. The Balaban J connectivity index is 2.00. The number of hydrogen-bond donors (Lipinski definition) is 0. The number of aromatic nitrogens is 2. The molecule has 0 fully saturated rings. The molecule has 3 rings (SSSR count). The van der Waals surface area contributed by atoms with Crippen LogP contribution in [0.5, 0.6) is 5.75 Å². The molecule has 0 aliphatic heterocycles. The second-order valence-electron chi connectivity index (χ2n) is 4.12. The number of benzene rings is 2. The van der Waals surface area contributed by atoms with E-state index in [2.05, 4.69) is 10.2 Å². The van der Waals surface area contributed by atoms with Gasteiger partial charge in [-0.05, 0) is 30.3 Å². The van der Waals surface area contributed by atoms with Gasteiger partial charge in [0.1, 0.15) is 5.75 Å². The lowest BCUT2D eigenvalue weighted by Crippen LogP contribution is -1.83. The maximum absolute atomic E-state index is 6.11. The highest BCUT2D eigenvalue weighted by Crippen LogP contribution is 2.29. The zero-order valence-corrected chi connectivity index (χ0v) is 11.5. The van der Waals surface area contributed by atoms with Crippen LogP contribution in [0.15, 0.2) is 52.9 Å². The normalized spacial score (nSPS) is 10.5. The predicted molar refractivity (Wildman–Crippen MR) is 76.7 cm³/mol. The van der Waals surface area contributed by atoms with Crippen molar-refractivity contribution in [2.24, 2.45) is 0 Å². The lowest BCUT2D eigenvalue weighted by atomic mass is 10.2. The fourth-order valence-electron chi connectivity index (χ4n) is 1.84. The summed E-state index contributed by atoms with van der Waals surface area (Å²) in [5.74, 6) is 1.56. The van der Waals surface area contributed by atoms with E-state index in [1.165, 1.54) is 0 Å². The zero-order valence-electron chi connectivity index (χ0n) is 10.7. The van der Waals surface area contributed by atoms with Crippen LogP contribution in [0.4, 0.5) is 0 Å². The summed E-state index contributed by atoms with van der Waals surface area (Å²) < 4.78 is 10.8. The van der Waals surface area contributed by atoms with Gasteiger partial charge in [-0.1, -0.05) is 29.8 Å². The lowest BCUT2D eigenvalue weighted by molar-refractivity contribution is 0.415. The standard InChI is InChI=1S/C15H11ClN2O2/c1-19-11-6-4-5-10(9-11)14-17-18-15(20-14)12-7-2-3-8-13(12)16/h2-9H,1H3. The highest BCUT2D eigenvalue weighted by atomic mass is 35.5. The SMILES string of the molecule is COc1cccc(-c2nnc(-c3ccccc3Cl)o2)c1. The monoisotopic (exact) mass is 286 g/mol. The topological polar surface area (TPSA) is 48.2 Å². The Kier molecular flexibility index (Phi) is 3.39. The van der Waals surface area contributed by atoms with Crippen LogP contribution in [-0.2, 0) is 0 Å². The highest BCUT2D eigenvalue weighted by Gasteiger charge is 2.13. The molecule has 0 aliphatic carbocycles. The average molecular weight is 287 g/mol. The van der Waals surface area contributed by atoms with Crippen molar-refractivity contribution in [2.75, 3.05) is 7.11 Å². The fraction of sp³-hybridized carbons (Fsp3) is 0.0667. The smallest absolute Gasteiger partial charge is 0.249 e. The third-order valence-corrected chi connectivity index (χ3v) is 3.18. The van der Waals surface area contributed by atoms with Gasteiger partial charge in [-0.25, -0.2) is 0 Å². The highest BCUT2D eigenvalue weighted by molar-refractivity contribution is 6.33. The van der Waals surface area contributed by atoms with E-state index in [0.29, 0.717) is 16.8 Å². The first-order valence-electron chi connectivity index (χ1n) is 6.01. The Morgan fingerprint density at radius 3 is 2.60 bits per heavy atom. The first-order chi connectivity index (χ1) is 9.78. The Labute approximate surface area is 121 Å². The van der Waals surface area contributed by atoms with Crippen molar-refractivity contribution < 1.29 is 9.15 Å². The van der Waals surface area contributed by atoms with Crippen molar-refractivity contribution in [3.63, 3.8) is 0 Å². The number of hydrogen-bond acceptors (Lipinski definition) is 4. The molecular formula is C15H11ClN2O2. The third-order valence-electron chi connectivity index (χ3n) is 2.85. The van der Waals surface area contributed by atoms with Gasteiger partial charge in [-0.15, -0.1) is 10.2 Å². The van der Waals surface area contributed by atoms with Crippen LogP contribution < -0.4 is 4.74 Å². The van der Waals surface area contributed by atoms with E-state index in [1.807, 2.05) is 42.5 Å². The molecule has 4 nitrogen and oxygen atoms in total. The molecular weight excluding hydrogens is 276 g/mol. The molecule has 0 N–H and O–H groups in total. The maximum atomic E-state index is 6.11. The fourth-order valence-corrected chi connectivity index (χ4v) is 2.06. The van der Waals surface area contributed by atoms with Gasteiger partial charge < -0.3 is 9.15 Å². The summed E-state index contributed by atoms with van der Waals surface area (Å²) in [5.41, 5.74) is 1.52. The van der Waals surface area contributed by atoms with Crippen molar-refractivity contribution in [2.45, 2.75) is 0 Å². The van der Waals surface area contributed by atoms with Crippen molar-refractivity contribution in [1.82, 2.24) is 10.2 Å². The van der Waals surface area contributed by atoms with Gasteiger partial charge in [0.25, 0.3) is 0 Å². The third kappa shape index (κ3) is 2.38. The molecule has 1 aromatic heterocycles. The molecule has 5 heteroatoms. The zero-order chi connectivity index (χ0) is 13.9. The second-order valence-corrected chi connectivity index (χ2v) is 4.53. The van der Waals surface area contributed by atoms with Crippen LogP contribution in [0, 0.1) is 0 Å². The van der Waals surface area contributed by atoms with Crippen LogP contribution in [0.1, 0.15) is 0 Å². The van der Waals surface area contributed by atoms with Gasteiger partial charge in [0, 0.05) is 5.56 Å². The number of methoxy groups -OCH3 is 1. The van der Waals surface area contributed by atoms with Crippen LogP contribution >= 0.6 is 11.6 Å². The Morgan fingerprint density at radius 1 is 1.00 bits per heavy atom. The van der Waals surface area contributed by atoms with Gasteiger partial charge >= 0.3 is 0 Å². The van der Waals surface area contributed by atoms with Crippen LogP contribution in [0.25, 0.3) is 22.9 Å². The van der Waals surface area contributed by atoms with E-state index < -0.39 is 0 Å². The van der Waals surface area contributed by atoms with Gasteiger partial charge in [0.05, 0.1) is 17.7 Å². The molecule has 0 unspecified atom stereocenters. The van der Waals surface area contributed by atoms with Crippen LogP contribution in [0.2, 0.25) is 5.02 Å². The first kappa shape index (κ1) is 12.7. The molecule has 3 aromatic rings. The summed E-state index contributed by atoms with van der Waals surface area (Å²) in [7, 11) is 1.61. The minimum absolute atomic E-state index is 0.397. The molecule has 0 spiro atoms. The summed E-state index contributed by atoms with van der Waals surface area (Å²) in [5, 5.41) is 8.66. The lowest BCUT2D eigenvalue weighted by Gasteiger charge is -2.00. The Bertz CT molecular complexity index is 740. The van der Waals surface area contributed by atoms with Gasteiger partial charge in [-0.3, -0.25) is 0 Å². The first-order valence-corrected chi connectivity index (χ1v) is 6.38. The largest absolute Gasteiger partial charge is 0.497 e. The van der Waals surface area contributed by atoms with E-state index in [0.717, 1.165) is 16.9 Å². The number of halogens is 1. The van der Waals surface area contributed by atoms with Crippen molar-refractivity contribution in [3.05, 3.63) is 53.6 Å². The van der Waals surface area contributed by atoms with Crippen molar-refractivity contribution in [3.8, 4) is 28.7 Å². The molecule has 0 bridgehead atoms. The number of rotatable bonds is 3. The molecule has 0 saturated carbocycles. The molecule has 0 amide bonds. The summed E-state index contributed by atoms with van der Waals surface area (Å²) >= 11 is 6.11. The van der Waals surface area contributed by atoms with E-state index in [1.54, 1.807) is 13.2 Å². The summed E-state index contributed by atoms with van der Waals surface area (Å²) in [4.78, 5) is 0. The van der Waals surface area contributed by atoms with Gasteiger partial charge in [0.2, 0.25) is 11.8 Å². The minimum atomic E-state index is 0.397. The molecule has 0 atom stereocenters. The number of ether oxygens (including phenoxy) is 1. The maximum Gasteiger partial charge on any atom is 0.249 e. The van der Waals surface area contributed by atoms with Gasteiger partial charge in [-0.2, -0.15) is 0 Å². The quantitative estimate of drug-likeness (QED) is 0.728. The molecule has 100 valence electrons. The molecule has 0 aliphatic rings. The van der Waals surface area contributed by atoms with E-state index >= 15 is 0 Å². The number of nitrogens with zero attached hydrogens (tertiary/aromatic N) is 2. The van der Waals surface area contributed by atoms with Crippen LogP contribution in [-0.4, -0.2) is 17.3 Å². The predicted octanol–water partition coefficient (Wildman–Crippen LogP) is 4.07. The Hall–Kier alpha value is -2.33. The van der Waals surface area contributed by atoms with Crippen molar-refractivity contribution in [1.29, 1.82) is 0 Å². The molecule has 1 heterocycles. The molecule has 0 radical (unpaired) electrons. The minimum Gasteiger partial charge on any atom is -0.497 e. The van der Waals surface area contributed by atoms with E-state index in [4.69, 9.17) is 20.8 Å². The Morgan fingerprint density at radius 2 is 1.80 bits per heavy atom. The van der Waals surface area contributed by atoms with Crippen molar-refractivity contribution >= 4 is 11.6 Å². The van der Waals surface area contributed by atoms with Gasteiger partial charge in [0.15, 0.2) is 0 Å². The van der Waals surface area contributed by atoms with Crippen LogP contribution in [0.3, 0.4) is 0 Å². The second kappa shape index (κ2) is 5.35. The summed E-state index contributed by atoms with van der Waals surface area (Å²) in [6.07, 6.45) is 0. The molecule has 20 heavy (non-hydrogen) atoms.